The molecule has 1 atom stereocenters. The molecule has 11 heteroatoms. The Hall–Kier alpha value is -2.14. The number of likely N-dealkylation sites (tertiary alicyclic amines) is 1. The molecule has 10 nitrogen and oxygen atoms in total. The van der Waals surface area contributed by atoms with Crippen LogP contribution in [0.25, 0.3) is 0 Å². The highest BCUT2D eigenvalue weighted by atomic mass is 32.2. The van der Waals surface area contributed by atoms with Crippen molar-refractivity contribution in [3.63, 3.8) is 0 Å². The number of carboxylic acid groups (broad SMARTS) is 1. The summed E-state index contributed by atoms with van der Waals surface area (Å²) in [4.78, 5) is 25.9. The van der Waals surface area contributed by atoms with E-state index in [0.717, 1.165) is 13.0 Å². The van der Waals surface area contributed by atoms with E-state index in [9.17, 15) is 13.2 Å². The van der Waals surface area contributed by atoms with Gasteiger partial charge < -0.3 is 19.9 Å². The predicted octanol–water partition coefficient (Wildman–Crippen LogP) is -0.706. The maximum Gasteiger partial charge on any atom is 0.317 e. The van der Waals surface area contributed by atoms with E-state index in [1.54, 1.807) is 17.4 Å². The molecular weight excluding hydrogens is 338 g/mol. The number of nitrogens with zero attached hydrogens (tertiary/aromatic N) is 3. The standard InChI is InChI=1S/C12H21N5O3S.CH2O2/c13-21(19,20)9-11-2-6-17(8-11)12(18)15-3-1-5-16-7-4-14-10-16;2-1-3/h4,7,10-11H,1-3,5-6,8-9H2,(H,15,18)(H2,13,19,20);1H,(H,2,3). The Bertz CT molecular complexity index is 604. The van der Waals surface area contributed by atoms with Gasteiger partial charge in [0.1, 0.15) is 0 Å². The number of aryl methyl sites for hydroxylation is 1. The normalized spacial score (nSPS) is 17.0. The summed E-state index contributed by atoms with van der Waals surface area (Å²) in [5.74, 6) is -0.117. The summed E-state index contributed by atoms with van der Waals surface area (Å²) in [5, 5.41) is 14.8. The molecule has 1 unspecified atom stereocenters. The lowest BCUT2D eigenvalue weighted by Crippen LogP contribution is -2.39. The summed E-state index contributed by atoms with van der Waals surface area (Å²) < 4.78 is 24.0. The topological polar surface area (TPSA) is 148 Å². The number of carbonyl (C=O) groups is 2. The van der Waals surface area contributed by atoms with E-state index >= 15 is 0 Å². The van der Waals surface area contributed by atoms with Crippen molar-refractivity contribution in [2.75, 3.05) is 25.4 Å². The highest BCUT2D eigenvalue weighted by molar-refractivity contribution is 7.89. The van der Waals surface area contributed by atoms with Crippen LogP contribution in [0.2, 0.25) is 0 Å². The number of imidazole rings is 1. The second-order valence-electron chi connectivity index (χ2n) is 5.42. The zero-order chi connectivity index (χ0) is 18.0. The first-order valence-corrected chi connectivity index (χ1v) is 9.14. The molecule has 0 saturated carbocycles. The third kappa shape index (κ3) is 7.92. The lowest BCUT2D eigenvalue weighted by molar-refractivity contribution is -0.122. The summed E-state index contributed by atoms with van der Waals surface area (Å²) in [6.07, 6.45) is 6.82. The molecule has 1 aliphatic heterocycles. The number of aromatic nitrogens is 2. The molecule has 1 fully saturated rings. The van der Waals surface area contributed by atoms with Crippen molar-refractivity contribution in [3.05, 3.63) is 18.7 Å². The van der Waals surface area contributed by atoms with Crippen molar-refractivity contribution in [1.82, 2.24) is 19.8 Å². The van der Waals surface area contributed by atoms with Gasteiger partial charge in [0.15, 0.2) is 0 Å². The quantitative estimate of drug-likeness (QED) is 0.450. The molecule has 0 aromatic carbocycles. The van der Waals surface area contributed by atoms with Gasteiger partial charge in [0.25, 0.3) is 6.47 Å². The van der Waals surface area contributed by atoms with Gasteiger partial charge in [-0.05, 0) is 18.8 Å². The Morgan fingerprint density at radius 3 is 2.79 bits per heavy atom. The second-order valence-corrected chi connectivity index (χ2v) is 7.08. The van der Waals surface area contributed by atoms with Gasteiger partial charge in [-0.3, -0.25) is 4.79 Å². The summed E-state index contributed by atoms with van der Waals surface area (Å²) >= 11 is 0. The smallest absolute Gasteiger partial charge is 0.317 e. The molecule has 0 spiro atoms. The van der Waals surface area contributed by atoms with Gasteiger partial charge in [-0.15, -0.1) is 0 Å². The SMILES string of the molecule is NS(=O)(=O)CC1CCN(C(=O)NCCCn2ccnc2)C1.O=CO. The molecule has 2 rings (SSSR count). The van der Waals surface area contributed by atoms with Crippen molar-refractivity contribution in [2.24, 2.45) is 11.1 Å². The molecule has 1 saturated heterocycles. The minimum absolute atomic E-state index is 0.0581. The van der Waals surface area contributed by atoms with Crippen LogP contribution < -0.4 is 10.5 Å². The molecule has 0 aliphatic carbocycles. The molecule has 2 heterocycles. The number of amides is 2. The van der Waals surface area contributed by atoms with E-state index in [1.807, 2.05) is 10.8 Å². The molecule has 1 aromatic heterocycles. The minimum Gasteiger partial charge on any atom is -0.483 e. The van der Waals surface area contributed by atoms with Crippen molar-refractivity contribution < 1.29 is 23.1 Å². The number of nitrogens with one attached hydrogen (secondary N) is 1. The fraction of sp³-hybridized carbons (Fsp3) is 0.615. The minimum atomic E-state index is -3.47. The molecule has 4 N–H and O–H groups in total. The predicted molar refractivity (Wildman–Crippen MR) is 86.6 cm³/mol. The fourth-order valence-corrected chi connectivity index (χ4v) is 3.40. The van der Waals surface area contributed by atoms with Gasteiger partial charge >= 0.3 is 6.03 Å². The maximum atomic E-state index is 11.9. The van der Waals surface area contributed by atoms with E-state index in [-0.39, 0.29) is 24.2 Å². The Morgan fingerprint density at radius 1 is 1.50 bits per heavy atom. The van der Waals surface area contributed by atoms with Crippen molar-refractivity contribution in [2.45, 2.75) is 19.4 Å². The largest absolute Gasteiger partial charge is 0.483 e. The number of carbonyl (C=O) groups excluding carboxylic acids is 1. The molecule has 136 valence electrons. The van der Waals surface area contributed by atoms with Gasteiger partial charge in [-0.25, -0.2) is 23.3 Å². The summed E-state index contributed by atoms with van der Waals surface area (Å²) in [5.41, 5.74) is 0. The van der Waals surface area contributed by atoms with Crippen molar-refractivity contribution in [1.29, 1.82) is 0 Å². The molecule has 24 heavy (non-hydrogen) atoms. The number of sulfonamides is 1. The molecule has 1 aromatic rings. The van der Waals surface area contributed by atoms with E-state index in [2.05, 4.69) is 10.3 Å². The van der Waals surface area contributed by atoms with E-state index < -0.39 is 10.0 Å². The van der Waals surface area contributed by atoms with Crippen LogP contribution in [0.4, 0.5) is 4.79 Å². The van der Waals surface area contributed by atoms with Gasteiger partial charge in [-0.2, -0.15) is 0 Å². The van der Waals surface area contributed by atoms with Crippen LogP contribution in [-0.4, -0.2) is 65.9 Å². The Labute approximate surface area is 140 Å². The highest BCUT2D eigenvalue weighted by Crippen LogP contribution is 2.17. The summed E-state index contributed by atoms with van der Waals surface area (Å²) in [7, 11) is -3.47. The van der Waals surface area contributed by atoms with Crippen LogP contribution in [0.1, 0.15) is 12.8 Å². The van der Waals surface area contributed by atoms with Crippen LogP contribution in [0.5, 0.6) is 0 Å². The van der Waals surface area contributed by atoms with Gasteiger partial charge in [0, 0.05) is 38.6 Å². The first-order valence-electron chi connectivity index (χ1n) is 7.42. The monoisotopic (exact) mass is 361 g/mol. The number of nitrogens with two attached hydrogens (primary N) is 1. The van der Waals surface area contributed by atoms with Gasteiger partial charge in [0.2, 0.25) is 10.0 Å². The van der Waals surface area contributed by atoms with E-state index in [0.29, 0.717) is 26.1 Å². The molecule has 2 amide bonds. The molecular formula is C13H23N5O5S. The van der Waals surface area contributed by atoms with E-state index in [1.165, 1.54) is 0 Å². The summed E-state index contributed by atoms with van der Waals surface area (Å²) in [6, 6.07) is -0.141. The average molecular weight is 361 g/mol. The van der Waals surface area contributed by atoms with Crippen molar-refractivity contribution in [3.8, 4) is 0 Å². The Morgan fingerprint density at radius 2 is 2.21 bits per heavy atom. The average Bonchev–Trinajstić information content (AvgIpc) is 3.14. The fourth-order valence-electron chi connectivity index (χ4n) is 2.47. The number of hydrogen-bond donors (Lipinski definition) is 3. The number of primary sulfonamides is 1. The molecule has 0 radical (unpaired) electrons. The maximum absolute atomic E-state index is 11.9. The molecule has 1 aliphatic rings. The van der Waals surface area contributed by atoms with Crippen LogP contribution >= 0.6 is 0 Å². The number of urea groups is 1. The Kier molecular flexibility index (Phi) is 8.19. The Balaban J connectivity index is 0.000000891. The van der Waals surface area contributed by atoms with Crippen LogP contribution in [-0.2, 0) is 21.4 Å². The number of hydrogen-bond acceptors (Lipinski definition) is 5. The molecule has 0 bridgehead atoms. The zero-order valence-electron chi connectivity index (χ0n) is 13.2. The van der Waals surface area contributed by atoms with Gasteiger partial charge in [-0.1, -0.05) is 0 Å². The zero-order valence-corrected chi connectivity index (χ0v) is 14.1. The first-order chi connectivity index (χ1) is 11.4. The third-order valence-corrected chi connectivity index (χ3v) is 4.41. The lowest BCUT2D eigenvalue weighted by atomic mass is 10.2. The second kappa shape index (κ2) is 9.88. The summed E-state index contributed by atoms with van der Waals surface area (Å²) in [6.45, 7) is 2.15. The van der Waals surface area contributed by atoms with E-state index in [4.69, 9.17) is 15.0 Å². The lowest BCUT2D eigenvalue weighted by Gasteiger charge is -2.17. The van der Waals surface area contributed by atoms with Crippen molar-refractivity contribution >= 4 is 22.5 Å². The van der Waals surface area contributed by atoms with Crippen LogP contribution in [0, 0.1) is 5.92 Å². The van der Waals surface area contributed by atoms with Gasteiger partial charge in [0.05, 0.1) is 12.1 Å². The number of rotatable bonds is 6. The first kappa shape index (κ1) is 19.9. The third-order valence-electron chi connectivity index (χ3n) is 3.47. The highest BCUT2D eigenvalue weighted by Gasteiger charge is 2.28. The van der Waals surface area contributed by atoms with Crippen LogP contribution in [0.3, 0.4) is 0 Å². The van der Waals surface area contributed by atoms with Crippen LogP contribution in [0.15, 0.2) is 18.7 Å².